The fraction of sp³-hybridized carbons (Fsp3) is 0.235. The van der Waals surface area contributed by atoms with E-state index in [2.05, 4.69) is 17.0 Å². The zero-order valence-corrected chi connectivity index (χ0v) is 12.8. The maximum Gasteiger partial charge on any atom is 0.257 e. The Labute approximate surface area is 134 Å². The Bertz CT molecular complexity index is 668. The first-order valence-electron chi connectivity index (χ1n) is 7.23. The van der Waals surface area contributed by atoms with Crippen LogP contribution in [0.5, 0.6) is 5.75 Å². The molecule has 1 saturated heterocycles. The van der Waals surface area contributed by atoms with Gasteiger partial charge in [-0.3, -0.25) is 4.79 Å². The van der Waals surface area contributed by atoms with Crippen LogP contribution in [0, 0.1) is 0 Å². The molecule has 0 radical (unpaired) electrons. The van der Waals surface area contributed by atoms with Crippen LogP contribution in [0.2, 0.25) is 5.02 Å². The van der Waals surface area contributed by atoms with Crippen molar-refractivity contribution in [2.45, 2.75) is 0 Å². The number of carbonyl (C=O) groups is 1. The normalized spacial score (nSPS) is 15.0. The van der Waals surface area contributed by atoms with Crippen LogP contribution in [0.1, 0.15) is 10.4 Å². The van der Waals surface area contributed by atoms with Crippen LogP contribution < -0.4 is 4.90 Å². The van der Waals surface area contributed by atoms with Gasteiger partial charge in [0.15, 0.2) is 0 Å². The van der Waals surface area contributed by atoms with Gasteiger partial charge in [0, 0.05) is 36.9 Å². The predicted molar refractivity (Wildman–Crippen MR) is 87.7 cm³/mol. The number of para-hydroxylation sites is 1. The highest BCUT2D eigenvalue weighted by Gasteiger charge is 2.24. The molecule has 1 N–H and O–H groups in total. The second-order valence-corrected chi connectivity index (χ2v) is 5.71. The molecule has 5 heteroatoms. The van der Waals surface area contributed by atoms with Gasteiger partial charge in [-0.1, -0.05) is 29.8 Å². The van der Waals surface area contributed by atoms with Crippen LogP contribution in [-0.2, 0) is 0 Å². The average molecular weight is 317 g/mol. The van der Waals surface area contributed by atoms with Crippen molar-refractivity contribution in [3.8, 4) is 5.75 Å². The number of hydrogen-bond donors (Lipinski definition) is 1. The second kappa shape index (κ2) is 6.28. The molecule has 1 heterocycles. The molecule has 114 valence electrons. The Hall–Kier alpha value is -2.20. The van der Waals surface area contributed by atoms with E-state index in [0.717, 1.165) is 13.1 Å². The zero-order valence-electron chi connectivity index (χ0n) is 12.1. The average Bonchev–Trinajstić information content (AvgIpc) is 2.55. The summed E-state index contributed by atoms with van der Waals surface area (Å²) in [5, 5.41) is 10.3. The Morgan fingerprint density at radius 3 is 2.32 bits per heavy atom. The van der Waals surface area contributed by atoms with Crippen molar-refractivity contribution in [2.75, 3.05) is 31.1 Å². The van der Waals surface area contributed by atoms with Gasteiger partial charge in [0.1, 0.15) is 5.75 Å². The van der Waals surface area contributed by atoms with E-state index in [1.54, 1.807) is 17.0 Å². The third-order valence-electron chi connectivity index (χ3n) is 3.88. The summed E-state index contributed by atoms with van der Waals surface area (Å²) in [4.78, 5) is 16.5. The Kier molecular flexibility index (Phi) is 4.20. The van der Waals surface area contributed by atoms with Crippen molar-refractivity contribution < 1.29 is 9.90 Å². The van der Waals surface area contributed by atoms with Crippen molar-refractivity contribution in [1.82, 2.24) is 4.90 Å². The second-order valence-electron chi connectivity index (χ2n) is 5.28. The summed E-state index contributed by atoms with van der Waals surface area (Å²) in [6.45, 7) is 2.83. The largest absolute Gasteiger partial charge is 0.507 e. The highest BCUT2D eigenvalue weighted by atomic mass is 35.5. The van der Waals surface area contributed by atoms with Gasteiger partial charge in [0.2, 0.25) is 0 Å². The SMILES string of the molecule is O=C(c1ccc(Cl)cc1O)N1CCN(c2ccccc2)CC1. The molecule has 0 spiro atoms. The molecule has 1 aliphatic heterocycles. The number of nitrogens with zero attached hydrogens (tertiary/aromatic N) is 2. The lowest BCUT2D eigenvalue weighted by atomic mass is 10.1. The van der Waals surface area contributed by atoms with Gasteiger partial charge in [-0.25, -0.2) is 0 Å². The number of rotatable bonds is 2. The van der Waals surface area contributed by atoms with Crippen molar-refractivity contribution >= 4 is 23.2 Å². The van der Waals surface area contributed by atoms with E-state index in [0.29, 0.717) is 23.7 Å². The van der Waals surface area contributed by atoms with Gasteiger partial charge in [0.25, 0.3) is 5.91 Å². The molecule has 4 nitrogen and oxygen atoms in total. The Morgan fingerprint density at radius 2 is 1.68 bits per heavy atom. The van der Waals surface area contributed by atoms with E-state index < -0.39 is 0 Å². The highest BCUT2D eigenvalue weighted by Crippen LogP contribution is 2.24. The first-order valence-corrected chi connectivity index (χ1v) is 7.61. The van der Waals surface area contributed by atoms with Gasteiger partial charge in [-0.05, 0) is 30.3 Å². The quantitative estimate of drug-likeness (QED) is 0.926. The molecule has 0 atom stereocenters. The molecule has 1 fully saturated rings. The summed E-state index contributed by atoms with van der Waals surface area (Å²) < 4.78 is 0. The third kappa shape index (κ3) is 3.02. The number of benzene rings is 2. The molecule has 0 bridgehead atoms. The number of aromatic hydroxyl groups is 1. The van der Waals surface area contributed by atoms with E-state index in [1.165, 1.54) is 11.8 Å². The van der Waals surface area contributed by atoms with Crippen molar-refractivity contribution in [3.05, 3.63) is 59.1 Å². The molecule has 2 aromatic carbocycles. The molecular weight excluding hydrogens is 300 g/mol. The summed E-state index contributed by atoms with van der Waals surface area (Å²) in [5.41, 5.74) is 1.47. The molecule has 0 saturated carbocycles. The fourth-order valence-electron chi connectivity index (χ4n) is 2.66. The molecule has 0 unspecified atom stereocenters. The minimum Gasteiger partial charge on any atom is -0.507 e. The van der Waals surface area contributed by atoms with Crippen LogP contribution in [0.4, 0.5) is 5.69 Å². The maximum absolute atomic E-state index is 12.5. The number of carbonyl (C=O) groups excluding carboxylic acids is 1. The third-order valence-corrected chi connectivity index (χ3v) is 4.11. The number of amides is 1. The number of phenols is 1. The summed E-state index contributed by atoms with van der Waals surface area (Å²) in [6, 6.07) is 14.8. The fourth-order valence-corrected chi connectivity index (χ4v) is 2.83. The molecule has 22 heavy (non-hydrogen) atoms. The van der Waals surface area contributed by atoms with Crippen molar-refractivity contribution in [1.29, 1.82) is 0 Å². The number of piperazine rings is 1. The first-order chi connectivity index (χ1) is 10.6. The minimum absolute atomic E-state index is 0.0667. The van der Waals surface area contributed by atoms with E-state index in [9.17, 15) is 9.90 Å². The van der Waals surface area contributed by atoms with E-state index in [1.807, 2.05) is 18.2 Å². The number of anilines is 1. The maximum atomic E-state index is 12.5. The standard InChI is InChI=1S/C17H17ClN2O2/c18-13-6-7-15(16(21)12-13)17(22)20-10-8-19(9-11-20)14-4-2-1-3-5-14/h1-7,12,21H,8-11H2. The van der Waals surface area contributed by atoms with E-state index in [-0.39, 0.29) is 11.7 Å². The summed E-state index contributed by atoms with van der Waals surface area (Å²) in [7, 11) is 0. The highest BCUT2D eigenvalue weighted by molar-refractivity contribution is 6.30. The zero-order chi connectivity index (χ0) is 15.5. The molecule has 1 amide bonds. The lowest BCUT2D eigenvalue weighted by molar-refractivity contribution is 0.0744. The number of halogens is 1. The summed E-state index contributed by atoms with van der Waals surface area (Å²) in [5.74, 6) is -0.218. The van der Waals surface area contributed by atoms with Crippen molar-refractivity contribution in [3.63, 3.8) is 0 Å². The lowest BCUT2D eigenvalue weighted by Gasteiger charge is -2.36. The Balaban J connectivity index is 1.67. The van der Waals surface area contributed by atoms with Crippen LogP contribution in [-0.4, -0.2) is 42.1 Å². The summed E-state index contributed by atoms with van der Waals surface area (Å²) in [6.07, 6.45) is 0. The first kappa shape index (κ1) is 14.7. The minimum atomic E-state index is -0.151. The van der Waals surface area contributed by atoms with Crippen LogP contribution >= 0.6 is 11.6 Å². The van der Waals surface area contributed by atoms with Gasteiger partial charge < -0.3 is 14.9 Å². The lowest BCUT2D eigenvalue weighted by Crippen LogP contribution is -2.48. The van der Waals surface area contributed by atoms with Crippen molar-refractivity contribution in [2.24, 2.45) is 0 Å². The van der Waals surface area contributed by atoms with Crippen LogP contribution in [0.15, 0.2) is 48.5 Å². The molecular formula is C17H17ClN2O2. The number of hydrogen-bond acceptors (Lipinski definition) is 3. The molecule has 1 aliphatic rings. The smallest absolute Gasteiger partial charge is 0.257 e. The number of phenolic OH excluding ortho intramolecular Hbond substituents is 1. The van der Waals surface area contributed by atoms with Crippen LogP contribution in [0.3, 0.4) is 0 Å². The van der Waals surface area contributed by atoms with E-state index >= 15 is 0 Å². The van der Waals surface area contributed by atoms with Gasteiger partial charge >= 0.3 is 0 Å². The van der Waals surface area contributed by atoms with Gasteiger partial charge in [-0.15, -0.1) is 0 Å². The Morgan fingerprint density at radius 1 is 1.00 bits per heavy atom. The molecule has 0 aliphatic carbocycles. The van der Waals surface area contributed by atoms with Gasteiger partial charge in [0.05, 0.1) is 5.56 Å². The van der Waals surface area contributed by atoms with Crippen LogP contribution in [0.25, 0.3) is 0 Å². The molecule has 0 aromatic heterocycles. The topological polar surface area (TPSA) is 43.8 Å². The predicted octanol–water partition coefficient (Wildman–Crippen LogP) is 3.01. The summed E-state index contributed by atoms with van der Waals surface area (Å²) >= 11 is 5.80. The monoisotopic (exact) mass is 316 g/mol. The molecule has 3 rings (SSSR count). The van der Waals surface area contributed by atoms with Gasteiger partial charge in [-0.2, -0.15) is 0 Å². The molecule has 2 aromatic rings. The van der Waals surface area contributed by atoms with E-state index in [4.69, 9.17) is 11.6 Å².